The molecule has 0 spiro atoms. The van der Waals surface area contributed by atoms with Gasteiger partial charge in [0.05, 0.1) is 6.54 Å². The van der Waals surface area contributed by atoms with Crippen molar-refractivity contribution in [1.82, 2.24) is 10.6 Å². The molecule has 5 nitrogen and oxygen atoms in total. The van der Waals surface area contributed by atoms with Gasteiger partial charge in [-0.1, -0.05) is 0 Å². The van der Waals surface area contributed by atoms with E-state index < -0.39 is 6.10 Å². The smallest absolute Gasteiger partial charge is 0.191 e. The molecule has 1 fully saturated rings. The summed E-state index contributed by atoms with van der Waals surface area (Å²) in [5.41, 5.74) is 0. The van der Waals surface area contributed by atoms with Crippen molar-refractivity contribution in [1.29, 1.82) is 0 Å². The summed E-state index contributed by atoms with van der Waals surface area (Å²) in [5.74, 6) is 1.70. The minimum atomic E-state index is -0.707. The van der Waals surface area contributed by atoms with E-state index in [-0.39, 0.29) is 42.9 Å². The van der Waals surface area contributed by atoms with Gasteiger partial charge < -0.3 is 20.5 Å². The molecule has 0 heterocycles. The van der Waals surface area contributed by atoms with Crippen LogP contribution in [0.1, 0.15) is 19.8 Å². The maximum atomic E-state index is 12.8. The summed E-state index contributed by atoms with van der Waals surface area (Å²) in [5, 5.41) is 16.3. The summed E-state index contributed by atoms with van der Waals surface area (Å²) in [7, 11) is 0. The van der Waals surface area contributed by atoms with E-state index in [0.29, 0.717) is 5.75 Å². The van der Waals surface area contributed by atoms with Gasteiger partial charge in [-0.2, -0.15) is 0 Å². The Balaban J connectivity index is 0.00000264. The van der Waals surface area contributed by atoms with Crippen LogP contribution >= 0.6 is 24.0 Å². The van der Waals surface area contributed by atoms with Crippen LogP contribution in [0.25, 0.3) is 0 Å². The van der Waals surface area contributed by atoms with Crippen LogP contribution in [0.2, 0.25) is 0 Å². The Morgan fingerprint density at radius 3 is 2.65 bits per heavy atom. The summed E-state index contributed by atoms with van der Waals surface area (Å²) in [6.45, 7) is 4.08. The van der Waals surface area contributed by atoms with Crippen LogP contribution in [-0.2, 0) is 0 Å². The number of nitrogens with one attached hydrogen (secondary N) is 2. The van der Waals surface area contributed by atoms with E-state index in [1.165, 1.54) is 37.1 Å². The number of aliphatic imine (C=N–C) groups is 1. The molecule has 0 saturated heterocycles. The van der Waals surface area contributed by atoms with Gasteiger partial charge in [0.25, 0.3) is 0 Å². The van der Waals surface area contributed by atoms with Crippen LogP contribution in [0, 0.1) is 11.7 Å². The van der Waals surface area contributed by atoms with Crippen molar-refractivity contribution in [3.8, 4) is 5.75 Å². The number of ether oxygens (including phenoxy) is 1. The van der Waals surface area contributed by atoms with Crippen LogP contribution in [0.3, 0.4) is 0 Å². The topological polar surface area (TPSA) is 65.9 Å². The van der Waals surface area contributed by atoms with Crippen LogP contribution < -0.4 is 15.4 Å². The Morgan fingerprint density at radius 1 is 1.35 bits per heavy atom. The average molecular weight is 437 g/mol. The van der Waals surface area contributed by atoms with Crippen LogP contribution in [0.5, 0.6) is 5.75 Å². The lowest BCUT2D eigenvalue weighted by molar-refractivity contribution is 0.114. The molecule has 1 aromatic carbocycles. The third-order valence-electron chi connectivity index (χ3n) is 3.32. The molecule has 3 N–H and O–H groups in total. The van der Waals surface area contributed by atoms with E-state index in [1.807, 2.05) is 6.92 Å². The maximum absolute atomic E-state index is 12.8. The fourth-order valence-electron chi connectivity index (χ4n) is 1.88. The van der Waals surface area contributed by atoms with Crippen molar-refractivity contribution >= 4 is 29.9 Å². The lowest BCUT2D eigenvalue weighted by atomic mass is 10.3. The Bertz CT molecular complexity index is 481. The molecule has 23 heavy (non-hydrogen) atoms. The van der Waals surface area contributed by atoms with Crippen LogP contribution in [0.15, 0.2) is 29.3 Å². The quantitative estimate of drug-likeness (QED) is 0.331. The van der Waals surface area contributed by atoms with Gasteiger partial charge in [-0.3, -0.25) is 4.99 Å². The van der Waals surface area contributed by atoms with Gasteiger partial charge in [-0.05, 0) is 49.9 Å². The van der Waals surface area contributed by atoms with Crippen molar-refractivity contribution in [2.24, 2.45) is 10.9 Å². The average Bonchev–Trinajstić information content (AvgIpc) is 3.34. The zero-order chi connectivity index (χ0) is 15.8. The van der Waals surface area contributed by atoms with Gasteiger partial charge in [0.15, 0.2) is 5.96 Å². The Kier molecular flexibility index (Phi) is 9.23. The zero-order valence-electron chi connectivity index (χ0n) is 13.3. The fraction of sp³-hybridized carbons (Fsp3) is 0.562. The van der Waals surface area contributed by atoms with E-state index in [0.717, 1.165) is 25.0 Å². The number of hydrogen-bond donors (Lipinski definition) is 3. The SMILES string of the molecule is CCNC(=NCC(O)COc1ccc(F)cc1)NCC1CC1.I. The highest BCUT2D eigenvalue weighted by Gasteiger charge is 2.21. The summed E-state index contributed by atoms with van der Waals surface area (Å²) in [6.07, 6.45) is 1.85. The first-order valence-electron chi connectivity index (χ1n) is 7.76. The molecule has 0 radical (unpaired) electrons. The molecule has 7 heteroatoms. The van der Waals surface area contributed by atoms with E-state index in [1.54, 1.807) is 0 Å². The van der Waals surface area contributed by atoms with E-state index >= 15 is 0 Å². The Labute approximate surface area is 153 Å². The summed E-state index contributed by atoms with van der Waals surface area (Å²) in [4.78, 5) is 4.34. The van der Waals surface area contributed by atoms with E-state index in [9.17, 15) is 9.50 Å². The molecule has 1 atom stereocenters. The molecular formula is C16H25FIN3O2. The van der Waals surface area contributed by atoms with Gasteiger partial charge in [0.2, 0.25) is 0 Å². The number of halogens is 2. The molecule has 1 saturated carbocycles. The van der Waals surface area contributed by atoms with Gasteiger partial charge >= 0.3 is 0 Å². The van der Waals surface area contributed by atoms with E-state index in [2.05, 4.69) is 15.6 Å². The highest BCUT2D eigenvalue weighted by Crippen LogP contribution is 2.27. The number of benzene rings is 1. The molecule has 0 aliphatic heterocycles. The summed E-state index contributed by atoms with van der Waals surface area (Å²) in [6, 6.07) is 5.72. The molecule has 1 unspecified atom stereocenters. The van der Waals surface area contributed by atoms with E-state index in [4.69, 9.17) is 4.74 Å². The number of guanidine groups is 1. The largest absolute Gasteiger partial charge is 0.491 e. The Hall–Kier alpha value is -1.09. The molecule has 0 aromatic heterocycles. The first-order valence-corrected chi connectivity index (χ1v) is 7.76. The molecular weight excluding hydrogens is 412 g/mol. The maximum Gasteiger partial charge on any atom is 0.191 e. The van der Waals surface area contributed by atoms with Gasteiger partial charge in [-0.25, -0.2) is 4.39 Å². The minimum Gasteiger partial charge on any atom is -0.491 e. The molecule has 1 aliphatic rings. The third kappa shape index (κ3) is 8.36. The lowest BCUT2D eigenvalue weighted by Gasteiger charge is -2.13. The number of hydrogen-bond acceptors (Lipinski definition) is 3. The molecule has 0 amide bonds. The molecule has 1 aromatic rings. The van der Waals surface area contributed by atoms with Gasteiger partial charge in [-0.15, -0.1) is 24.0 Å². The molecule has 0 bridgehead atoms. The van der Waals surface area contributed by atoms with Crippen molar-refractivity contribution in [2.45, 2.75) is 25.9 Å². The monoisotopic (exact) mass is 437 g/mol. The standard InChI is InChI=1S/C16H24FN3O2.HI/c1-2-18-16(19-9-12-3-4-12)20-10-14(21)11-22-15-7-5-13(17)6-8-15;/h5-8,12,14,21H,2-4,9-11H2,1H3,(H2,18,19,20);1H. The molecule has 1 aliphatic carbocycles. The first-order chi connectivity index (χ1) is 10.7. The van der Waals surface area contributed by atoms with Crippen molar-refractivity contribution < 1.29 is 14.2 Å². The Morgan fingerprint density at radius 2 is 2.04 bits per heavy atom. The van der Waals surface area contributed by atoms with Crippen molar-refractivity contribution in [3.05, 3.63) is 30.1 Å². The predicted octanol–water partition coefficient (Wildman–Crippen LogP) is 2.15. The second-order valence-corrected chi connectivity index (χ2v) is 5.46. The highest BCUT2D eigenvalue weighted by molar-refractivity contribution is 14.0. The van der Waals surface area contributed by atoms with Crippen LogP contribution in [0.4, 0.5) is 4.39 Å². The van der Waals surface area contributed by atoms with Crippen LogP contribution in [-0.4, -0.2) is 43.4 Å². The van der Waals surface area contributed by atoms with Crippen molar-refractivity contribution in [3.63, 3.8) is 0 Å². The van der Waals surface area contributed by atoms with Crippen molar-refractivity contribution in [2.75, 3.05) is 26.2 Å². The zero-order valence-corrected chi connectivity index (χ0v) is 15.6. The lowest BCUT2D eigenvalue weighted by Crippen LogP contribution is -2.39. The normalized spacial score (nSPS) is 15.5. The second kappa shape index (κ2) is 10.6. The first kappa shape index (κ1) is 20.0. The predicted molar refractivity (Wildman–Crippen MR) is 100 cm³/mol. The number of aliphatic hydroxyl groups excluding tert-OH is 1. The highest BCUT2D eigenvalue weighted by atomic mass is 127. The van der Waals surface area contributed by atoms with Gasteiger partial charge in [0.1, 0.15) is 24.3 Å². The van der Waals surface area contributed by atoms with Gasteiger partial charge in [0, 0.05) is 13.1 Å². The fourth-order valence-corrected chi connectivity index (χ4v) is 1.88. The molecule has 130 valence electrons. The number of aliphatic hydroxyl groups is 1. The molecule has 2 rings (SSSR count). The second-order valence-electron chi connectivity index (χ2n) is 5.46. The summed E-state index contributed by atoms with van der Waals surface area (Å²) >= 11 is 0. The summed E-state index contributed by atoms with van der Waals surface area (Å²) < 4.78 is 18.2. The minimum absolute atomic E-state index is 0. The third-order valence-corrected chi connectivity index (χ3v) is 3.32. The number of nitrogens with zero attached hydrogens (tertiary/aromatic N) is 1. The number of rotatable bonds is 8.